The lowest BCUT2D eigenvalue weighted by molar-refractivity contribution is -0.148. The lowest BCUT2D eigenvalue weighted by Crippen LogP contribution is -2.43. The van der Waals surface area contributed by atoms with Gasteiger partial charge in [-0.05, 0) is 36.2 Å². The van der Waals surface area contributed by atoms with Gasteiger partial charge >= 0.3 is 5.97 Å². The third-order valence-corrected chi connectivity index (χ3v) is 4.57. The first-order valence-corrected chi connectivity index (χ1v) is 9.11. The van der Waals surface area contributed by atoms with E-state index < -0.39 is 12.0 Å². The van der Waals surface area contributed by atoms with Crippen molar-refractivity contribution in [1.29, 1.82) is 0 Å². The van der Waals surface area contributed by atoms with Crippen LogP contribution in [0.1, 0.15) is 29.8 Å². The van der Waals surface area contributed by atoms with E-state index in [4.69, 9.17) is 4.74 Å². The van der Waals surface area contributed by atoms with Gasteiger partial charge in [-0.3, -0.25) is 4.79 Å². The monoisotopic (exact) mass is 361 g/mol. The molecular weight excluding hydrogens is 338 g/mol. The molecule has 0 aromatic heterocycles. The summed E-state index contributed by atoms with van der Waals surface area (Å²) in [6.45, 7) is 4.09. The number of esters is 1. The van der Waals surface area contributed by atoms with Crippen molar-refractivity contribution in [2.75, 3.05) is 6.61 Å². The van der Waals surface area contributed by atoms with E-state index in [9.17, 15) is 9.59 Å². The van der Waals surface area contributed by atoms with Gasteiger partial charge in [0.2, 0.25) is 0 Å². The molecule has 1 unspecified atom stereocenters. The van der Waals surface area contributed by atoms with Crippen LogP contribution in [0.25, 0.3) is 10.8 Å². The van der Waals surface area contributed by atoms with Gasteiger partial charge in [0.05, 0.1) is 6.61 Å². The van der Waals surface area contributed by atoms with Crippen LogP contribution in [-0.2, 0) is 16.1 Å². The minimum Gasteiger partial charge on any atom is -0.464 e. The van der Waals surface area contributed by atoms with E-state index in [-0.39, 0.29) is 12.5 Å². The summed E-state index contributed by atoms with van der Waals surface area (Å²) in [5, 5.41) is 1.87. The van der Waals surface area contributed by atoms with Crippen molar-refractivity contribution in [2.24, 2.45) is 0 Å². The van der Waals surface area contributed by atoms with Crippen molar-refractivity contribution in [3.05, 3.63) is 83.9 Å². The smallest absolute Gasteiger partial charge is 0.328 e. The molecule has 3 aromatic rings. The van der Waals surface area contributed by atoms with E-state index in [1.54, 1.807) is 24.8 Å². The molecule has 0 N–H and O–H groups in total. The van der Waals surface area contributed by atoms with E-state index in [2.05, 4.69) is 0 Å². The molecule has 3 aromatic carbocycles. The highest BCUT2D eigenvalue weighted by molar-refractivity contribution is 6.07. The summed E-state index contributed by atoms with van der Waals surface area (Å²) in [6, 6.07) is 22.4. The Morgan fingerprint density at radius 2 is 1.59 bits per heavy atom. The highest BCUT2D eigenvalue weighted by Crippen LogP contribution is 2.22. The quantitative estimate of drug-likeness (QED) is 0.610. The Bertz CT molecular complexity index is 931. The summed E-state index contributed by atoms with van der Waals surface area (Å²) in [5.74, 6) is -0.585. The fourth-order valence-corrected chi connectivity index (χ4v) is 3.12. The molecule has 27 heavy (non-hydrogen) atoms. The molecule has 3 rings (SSSR count). The molecule has 0 saturated heterocycles. The highest BCUT2D eigenvalue weighted by atomic mass is 16.5. The standard InChI is InChI=1S/C23H23NO3/c1-3-27-23(26)17(2)24(16-18-10-5-4-6-11-18)22(25)21-15-9-13-19-12-7-8-14-20(19)21/h4-15,17H,3,16H2,1-2H3. The average Bonchev–Trinajstić information content (AvgIpc) is 2.71. The maximum absolute atomic E-state index is 13.4. The third kappa shape index (κ3) is 4.17. The van der Waals surface area contributed by atoms with Crippen LogP contribution < -0.4 is 0 Å². The number of fused-ring (bicyclic) bond motifs is 1. The van der Waals surface area contributed by atoms with Crippen molar-refractivity contribution in [3.8, 4) is 0 Å². The Balaban J connectivity index is 2.00. The van der Waals surface area contributed by atoms with E-state index in [1.165, 1.54) is 0 Å². The number of amides is 1. The van der Waals surface area contributed by atoms with Crippen LogP contribution in [-0.4, -0.2) is 29.4 Å². The Morgan fingerprint density at radius 3 is 2.33 bits per heavy atom. The Morgan fingerprint density at radius 1 is 0.926 bits per heavy atom. The third-order valence-electron chi connectivity index (χ3n) is 4.57. The predicted octanol–water partition coefficient (Wildman–Crippen LogP) is 4.43. The summed E-state index contributed by atoms with van der Waals surface area (Å²) >= 11 is 0. The number of nitrogens with zero attached hydrogens (tertiary/aromatic N) is 1. The van der Waals surface area contributed by atoms with Crippen LogP contribution >= 0.6 is 0 Å². The minimum absolute atomic E-state index is 0.184. The van der Waals surface area contributed by atoms with Crippen LogP contribution in [0, 0.1) is 0 Å². The van der Waals surface area contributed by atoms with Crippen LogP contribution in [0.2, 0.25) is 0 Å². The van der Waals surface area contributed by atoms with Crippen molar-refractivity contribution >= 4 is 22.6 Å². The maximum atomic E-state index is 13.4. The Hall–Kier alpha value is -3.14. The zero-order valence-electron chi connectivity index (χ0n) is 15.6. The molecule has 1 atom stereocenters. The van der Waals surface area contributed by atoms with Gasteiger partial charge in [-0.1, -0.05) is 66.7 Å². The number of carbonyl (C=O) groups excluding carboxylic acids is 2. The first-order valence-electron chi connectivity index (χ1n) is 9.11. The van der Waals surface area contributed by atoms with E-state index in [0.29, 0.717) is 12.1 Å². The summed E-state index contributed by atoms with van der Waals surface area (Å²) in [6.07, 6.45) is 0. The maximum Gasteiger partial charge on any atom is 0.328 e. The van der Waals surface area contributed by atoms with Gasteiger partial charge in [0.25, 0.3) is 5.91 Å². The molecular formula is C23H23NO3. The van der Waals surface area contributed by atoms with Gasteiger partial charge in [-0.25, -0.2) is 4.79 Å². The number of benzene rings is 3. The number of ether oxygens (including phenoxy) is 1. The second kappa shape index (κ2) is 8.49. The number of carbonyl (C=O) groups is 2. The molecule has 0 radical (unpaired) electrons. The van der Waals surface area contributed by atoms with Crippen molar-refractivity contribution in [1.82, 2.24) is 4.90 Å². The fourth-order valence-electron chi connectivity index (χ4n) is 3.12. The van der Waals surface area contributed by atoms with Gasteiger partial charge < -0.3 is 9.64 Å². The molecule has 0 saturated carbocycles. The molecule has 0 bridgehead atoms. The highest BCUT2D eigenvalue weighted by Gasteiger charge is 2.28. The van der Waals surface area contributed by atoms with Crippen LogP contribution in [0.15, 0.2) is 72.8 Å². The van der Waals surface area contributed by atoms with E-state index in [0.717, 1.165) is 16.3 Å². The second-order valence-corrected chi connectivity index (χ2v) is 6.37. The molecule has 4 heteroatoms. The summed E-state index contributed by atoms with van der Waals surface area (Å²) in [7, 11) is 0. The zero-order chi connectivity index (χ0) is 19.2. The molecule has 0 aliphatic heterocycles. The first kappa shape index (κ1) is 18.6. The van der Waals surface area contributed by atoms with E-state index in [1.807, 2.05) is 66.7 Å². The van der Waals surface area contributed by atoms with Crippen LogP contribution in [0.3, 0.4) is 0 Å². The first-order chi connectivity index (χ1) is 13.1. The van der Waals surface area contributed by atoms with Gasteiger partial charge in [-0.2, -0.15) is 0 Å². The predicted molar refractivity (Wildman–Crippen MR) is 106 cm³/mol. The van der Waals surface area contributed by atoms with Crippen molar-refractivity contribution in [3.63, 3.8) is 0 Å². The summed E-state index contributed by atoms with van der Waals surface area (Å²) in [4.78, 5) is 27.4. The zero-order valence-corrected chi connectivity index (χ0v) is 15.6. The van der Waals surface area contributed by atoms with Crippen LogP contribution in [0.4, 0.5) is 0 Å². The van der Waals surface area contributed by atoms with Gasteiger partial charge in [0.1, 0.15) is 6.04 Å². The number of hydrogen-bond acceptors (Lipinski definition) is 3. The Labute approximate surface area is 159 Å². The molecule has 1 amide bonds. The minimum atomic E-state index is -0.684. The lowest BCUT2D eigenvalue weighted by Gasteiger charge is -2.28. The van der Waals surface area contributed by atoms with Crippen molar-refractivity contribution in [2.45, 2.75) is 26.4 Å². The second-order valence-electron chi connectivity index (χ2n) is 6.37. The molecule has 0 fully saturated rings. The van der Waals surface area contributed by atoms with Crippen LogP contribution in [0.5, 0.6) is 0 Å². The molecule has 4 nitrogen and oxygen atoms in total. The topological polar surface area (TPSA) is 46.6 Å². The Kier molecular flexibility index (Phi) is 5.87. The lowest BCUT2D eigenvalue weighted by atomic mass is 10.0. The van der Waals surface area contributed by atoms with Crippen molar-refractivity contribution < 1.29 is 14.3 Å². The van der Waals surface area contributed by atoms with E-state index >= 15 is 0 Å². The number of hydrogen-bond donors (Lipinski definition) is 0. The van der Waals surface area contributed by atoms with Gasteiger partial charge in [-0.15, -0.1) is 0 Å². The average molecular weight is 361 g/mol. The molecule has 0 aliphatic rings. The van der Waals surface area contributed by atoms with Gasteiger partial charge in [0.15, 0.2) is 0 Å². The summed E-state index contributed by atoms with van der Waals surface area (Å²) in [5.41, 5.74) is 1.54. The SMILES string of the molecule is CCOC(=O)C(C)N(Cc1ccccc1)C(=O)c1cccc2ccccc12. The molecule has 138 valence electrons. The normalized spacial score (nSPS) is 11.8. The molecule has 0 spiro atoms. The molecule has 0 aliphatic carbocycles. The number of rotatable bonds is 6. The fraction of sp³-hybridized carbons (Fsp3) is 0.217. The summed E-state index contributed by atoms with van der Waals surface area (Å²) < 4.78 is 5.16. The molecule has 0 heterocycles. The largest absolute Gasteiger partial charge is 0.464 e. The van der Waals surface area contributed by atoms with Gasteiger partial charge in [0, 0.05) is 12.1 Å².